The molecule has 4 rings (SSSR count). The first-order valence-electron chi connectivity index (χ1n) is 10.5. The number of nitrogens with one attached hydrogen (secondary N) is 2. The topological polar surface area (TPSA) is 89.6 Å². The van der Waals surface area contributed by atoms with Crippen LogP contribution >= 0.6 is 22.7 Å². The van der Waals surface area contributed by atoms with Crippen molar-refractivity contribution in [1.29, 1.82) is 0 Å². The molecule has 3 aromatic rings. The van der Waals surface area contributed by atoms with Crippen molar-refractivity contribution in [3.63, 3.8) is 0 Å². The Bertz CT molecular complexity index is 1050. The highest BCUT2D eigenvalue weighted by Gasteiger charge is 2.29. The lowest BCUT2D eigenvalue weighted by Crippen LogP contribution is -2.53. The zero-order valence-corrected chi connectivity index (χ0v) is 19.3. The summed E-state index contributed by atoms with van der Waals surface area (Å²) < 4.78 is 11.1. The van der Waals surface area contributed by atoms with Crippen molar-refractivity contribution in [3.05, 3.63) is 62.7 Å². The molecule has 1 aliphatic carbocycles. The molecular weight excluding hydrogens is 446 g/mol. The van der Waals surface area contributed by atoms with Crippen LogP contribution in [-0.4, -0.2) is 36.0 Å². The van der Waals surface area contributed by atoms with Gasteiger partial charge in [-0.2, -0.15) is 0 Å². The number of para-hydroxylation sites is 2. The van der Waals surface area contributed by atoms with E-state index in [1.54, 1.807) is 18.6 Å². The van der Waals surface area contributed by atoms with Crippen LogP contribution in [0.3, 0.4) is 0 Å². The Labute approximate surface area is 194 Å². The molecule has 0 saturated heterocycles. The minimum absolute atomic E-state index is 0.0874. The predicted molar refractivity (Wildman–Crippen MR) is 125 cm³/mol. The highest BCUT2D eigenvalue weighted by molar-refractivity contribution is 7.12. The summed E-state index contributed by atoms with van der Waals surface area (Å²) in [6.45, 7) is 0.251. The van der Waals surface area contributed by atoms with Gasteiger partial charge in [0.15, 0.2) is 11.5 Å². The number of rotatable bonds is 8. The highest BCUT2D eigenvalue weighted by atomic mass is 32.1. The molecule has 1 aromatic carbocycles. The van der Waals surface area contributed by atoms with Crippen molar-refractivity contribution in [1.82, 2.24) is 15.6 Å². The van der Waals surface area contributed by atoms with Gasteiger partial charge in [-0.05, 0) is 36.4 Å². The van der Waals surface area contributed by atoms with Gasteiger partial charge in [0.05, 0.1) is 12.0 Å². The fourth-order valence-corrected chi connectivity index (χ4v) is 5.04. The Morgan fingerprint density at radius 2 is 1.72 bits per heavy atom. The summed E-state index contributed by atoms with van der Waals surface area (Å²) in [6.07, 6.45) is 3.72. The Hall–Kier alpha value is -2.91. The number of aromatic nitrogens is 1. The first kappa shape index (κ1) is 22.3. The summed E-state index contributed by atoms with van der Waals surface area (Å²) in [7, 11) is 1.59. The van der Waals surface area contributed by atoms with E-state index >= 15 is 0 Å². The number of ether oxygens (including phenoxy) is 2. The molecule has 1 saturated carbocycles. The molecule has 0 unspecified atom stereocenters. The summed E-state index contributed by atoms with van der Waals surface area (Å²) in [5.74, 6) is 0.959. The quantitative estimate of drug-likeness (QED) is 0.512. The molecule has 32 heavy (non-hydrogen) atoms. The fraction of sp³-hybridized carbons (Fsp3) is 0.348. The van der Waals surface area contributed by atoms with Crippen molar-refractivity contribution in [2.24, 2.45) is 0 Å². The highest BCUT2D eigenvalue weighted by Crippen LogP contribution is 2.27. The number of hydrogen-bond donors (Lipinski definition) is 2. The van der Waals surface area contributed by atoms with Gasteiger partial charge < -0.3 is 20.1 Å². The van der Waals surface area contributed by atoms with Crippen LogP contribution in [0, 0.1) is 0 Å². The SMILES string of the molecule is COc1ccccc1OCc1nc(C(=O)N[C@H]2CCCC[C@@H]2NC(=O)c2cccs2)cs1. The Morgan fingerprint density at radius 3 is 2.41 bits per heavy atom. The lowest BCUT2D eigenvalue weighted by atomic mass is 9.90. The Balaban J connectivity index is 1.34. The van der Waals surface area contributed by atoms with Gasteiger partial charge in [0.25, 0.3) is 11.8 Å². The smallest absolute Gasteiger partial charge is 0.271 e. The van der Waals surface area contributed by atoms with Gasteiger partial charge in [-0.25, -0.2) is 4.98 Å². The molecule has 7 nitrogen and oxygen atoms in total. The van der Waals surface area contributed by atoms with Crippen molar-refractivity contribution in [3.8, 4) is 11.5 Å². The average molecular weight is 472 g/mol. The molecule has 0 aliphatic heterocycles. The number of amides is 2. The van der Waals surface area contributed by atoms with E-state index in [1.165, 1.54) is 22.7 Å². The molecule has 2 N–H and O–H groups in total. The maximum absolute atomic E-state index is 12.8. The molecule has 0 spiro atoms. The number of hydrogen-bond acceptors (Lipinski definition) is 7. The standard InChI is InChI=1S/C23H25N3O4S2/c1-29-18-9-4-5-10-19(18)30-13-21-24-17(14-32-21)22(27)25-15-7-2-3-8-16(15)26-23(28)20-11-6-12-31-20/h4-6,9-12,14-16H,2-3,7-8,13H2,1H3,(H,25,27)(H,26,28)/t15-,16-/m0/s1. The molecule has 2 amide bonds. The number of methoxy groups -OCH3 is 1. The Kier molecular flexibility index (Phi) is 7.39. The summed E-state index contributed by atoms with van der Waals surface area (Å²) in [5.41, 5.74) is 0.363. The van der Waals surface area contributed by atoms with Crippen LogP contribution in [0.5, 0.6) is 11.5 Å². The van der Waals surface area contributed by atoms with E-state index in [-0.39, 0.29) is 30.5 Å². The van der Waals surface area contributed by atoms with Crippen LogP contribution in [0.1, 0.15) is 50.9 Å². The van der Waals surface area contributed by atoms with E-state index in [2.05, 4.69) is 15.6 Å². The lowest BCUT2D eigenvalue weighted by molar-refractivity contribution is 0.0862. The number of nitrogens with zero attached hydrogens (tertiary/aromatic N) is 1. The molecular formula is C23H25N3O4S2. The van der Waals surface area contributed by atoms with E-state index in [4.69, 9.17) is 9.47 Å². The molecule has 168 valence electrons. The third-order valence-electron chi connectivity index (χ3n) is 5.35. The van der Waals surface area contributed by atoms with Gasteiger partial charge in [0, 0.05) is 17.5 Å². The second-order valence-corrected chi connectivity index (χ2v) is 9.38. The fourth-order valence-electron chi connectivity index (χ4n) is 3.72. The van der Waals surface area contributed by atoms with Gasteiger partial charge in [-0.3, -0.25) is 9.59 Å². The monoisotopic (exact) mass is 471 g/mol. The molecule has 1 aliphatic rings. The molecule has 0 radical (unpaired) electrons. The van der Waals surface area contributed by atoms with Gasteiger partial charge in [0.1, 0.15) is 17.3 Å². The van der Waals surface area contributed by atoms with Crippen molar-refractivity contribution < 1.29 is 19.1 Å². The van der Waals surface area contributed by atoms with Crippen molar-refractivity contribution in [2.45, 2.75) is 44.4 Å². The molecule has 2 atom stereocenters. The van der Waals surface area contributed by atoms with Crippen molar-refractivity contribution in [2.75, 3.05) is 7.11 Å². The maximum atomic E-state index is 12.8. The van der Waals surface area contributed by atoms with E-state index < -0.39 is 0 Å². The molecule has 1 fully saturated rings. The van der Waals surface area contributed by atoms with E-state index in [1.807, 2.05) is 35.7 Å². The zero-order chi connectivity index (χ0) is 22.3. The van der Waals surface area contributed by atoms with E-state index in [9.17, 15) is 9.59 Å². The van der Waals surface area contributed by atoms with Crippen LogP contribution in [0.15, 0.2) is 47.2 Å². The summed E-state index contributed by atoms with van der Waals surface area (Å²) in [4.78, 5) is 30.4. The molecule has 9 heteroatoms. The second kappa shape index (κ2) is 10.6. The predicted octanol–water partition coefficient (Wildman–Crippen LogP) is 4.26. The van der Waals surface area contributed by atoms with E-state index in [0.717, 1.165) is 25.7 Å². The van der Waals surface area contributed by atoms with Crippen LogP contribution in [0.2, 0.25) is 0 Å². The van der Waals surface area contributed by atoms with Gasteiger partial charge in [0.2, 0.25) is 0 Å². The van der Waals surface area contributed by atoms with Crippen LogP contribution < -0.4 is 20.1 Å². The van der Waals surface area contributed by atoms with Crippen molar-refractivity contribution >= 4 is 34.5 Å². The molecule has 2 heterocycles. The number of benzene rings is 1. The first-order chi connectivity index (χ1) is 15.6. The van der Waals surface area contributed by atoms with Crippen LogP contribution in [0.25, 0.3) is 0 Å². The average Bonchev–Trinajstić information content (AvgIpc) is 3.52. The zero-order valence-electron chi connectivity index (χ0n) is 17.7. The number of thiazole rings is 1. The van der Waals surface area contributed by atoms with Gasteiger partial charge in [-0.1, -0.05) is 31.0 Å². The Morgan fingerprint density at radius 1 is 1.00 bits per heavy atom. The van der Waals surface area contributed by atoms with Gasteiger partial charge in [-0.15, -0.1) is 22.7 Å². The number of thiophene rings is 1. The maximum Gasteiger partial charge on any atom is 0.271 e. The number of carbonyl (C=O) groups is 2. The summed E-state index contributed by atoms with van der Waals surface area (Å²) in [5, 5.41) is 10.5. The third-order valence-corrected chi connectivity index (χ3v) is 7.04. The summed E-state index contributed by atoms with van der Waals surface area (Å²) >= 11 is 2.79. The molecule has 2 aromatic heterocycles. The van der Waals surface area contributed by atoms with E-state index in [0.29, 0.717) is 27.1 Å². The van der Waals surface area contributed by atoms with Crippen LogP contribution in [-0.2, 0) is 6.61 Å². The van der Waals surface area contributed by atoms with Gasteiger partial charge >= 0.3 is 0 Å². The third kappa shape index (κ3) is 5.46. The number of carbonyl (C=O) groups excluding carboxylic acids is 2. The second-order valence-electron chi connectivity index (χ2n) is 7.49. The van der Waals surface area contributed by atoms with Crippen LogP contribution in [0.4, 0.5) is 0 Å². The normalized spacial score (nSPS) is 18.0. The minimum Gasteiger partial charge on any atom is -0.493 e. The first-order valence-corrected chi connectivity index (χ1v) is 12.3. The molecule has 0 bridgehead atoms. The minimum atomic E-state index is -0.230. The summed E-state index contributed by atoms with van der Waals surface area (Å²) in [6, 6.07) is 10.9. The largest absolute Gasteiger partial charge is 0.493 e. The lowest BCUT2D eigenvalue weighted by Gasteiger charge is -2.32.